The molecular formula is C14H16BrNS2. The Morgan fingerprint density at radius 1 is 1.33 bits per heavy atom. The van der Waals surface area contributed by atoms with Gasteiger partial charge in [0.2, 0.25) is 0 Å². The van der Waals surface area contributed by atoms with E-state index in [1.165, 1.54) is 19.8 Å². The molecule has 2 aromatic rings. The molecule has 0 aliphatic rings. The summed E-state index contributed by atoms with van der Waals surface area (Å²) in [5.41, 5.74) is 1.38. The topological polar surface area (TPSA) is 12.0 Å². The van der Waals surface area contributed by atoms with Crippen LogP contribution in [0.5, 0.6) is 0 Å². The Kier molecular flexibility index (Phi) is 5.30. The molecule has 0 saturated heterocycles. The number of rotatable bonds is 5. The molecule has 18 heavy (non-hydrogen) atoms. The second kappa shape index (κ2) is 6.75. The Balaban J connectivity index is 2.25. The second-order valence-electron chi connectivity index (χ2n) is 3.98. The lowest BCUT2D eigenvalue weighted by Gasteiger charge is -2.19. The maximum atomic E-state index is 3.61. The maximum absolute atomic E-state index is 3.61. The number of hydrogen-bond acceptors (Lipinski definition) is 3. The molecule has 4 heteroatoms. The largest absolute Gasteiger partial charge is 0.313 e. The molecule has 1 aromatic heterocycles. The van der Waals surface area contributed by atoms with Crippen LogP contribution in [0.2, 0.25) is 0 Å². The normalized spacial score (nSPS) is 12.6. The third-order valence-corrected chi connectivity index (χ3v) is 5.70. The lowest BCUT2D eigenvalue weighted by atomic mass is 10.0. The van der Waals surface area contributed by atoms with Crippen molar-refractivity contribution in [3.05, 3.63) is 50.6 Å². The van der Waals surface area contributed by atoms with Crippen molar-refractivity contribution < 1.29 is 0 Å². The molecule has 0 amide bonds. The molecule has 1 heterocycles. The summed E-state index contributed by atoms with van der Waals surface area (Å²) < 4.78 is 1.22. The minimum absolute atomic E-state index is 0.364. The summed E-state index contributed by atoms with van der Waals surface area (Å²) in [6, 6.07) is 11.1. The molecule has 1 unspecified atom stereocenters. The highest BCUT2D eigenvalue weighted by molar-refractivity contribution is 9.10. The van der Waals surface area contributed by atoms with Crippen LogP contribution in [0.4, 0.5) is 0 Å². The molecule has 1 N–H and O–H groups in total. The van der Waals surface area contributed by atoms with Gasteiger partial charge in [-0.2, -0.15) is 0 Å². The maximum Gasteiger partial charge on any atom is 0.0377 e. The van der Waals surface area contributed by atoms with Crippen LogP contribution >= 0.6 is 39.0 Å². The fraction of sp³-hybridized carbons (Fsp3) is 0.286. The van der Waals surface area contributed by atoms with Crippen LogP contribution in [0.25, 0.3) is 0 Å². The van der Waals surface area contributed by atoms with Crippen LogP contribution in [-0.4, -0.2) is 13.3 Å². The minimum atomic E-state index is 0.364. The van der Waals surface area contributed by atoms with Crippen LogP contribution in [-0.2, 0) is 6.42 Å². The molecule has 1 atom stereocenters. The van der Waals surface area contributed by atoms with Crippen LogP contribution < -0.4 is 5.32 Å². The van der Waals surface area contributed by atoms with Crippen LogP contribution in [0.1, 0.15) is 16.5 Å². The molecule has 0 fully saturated rings. The van der Waals surface area contributed by atoms with Crippen LogP contribution in [0.15, 0.2) is 45.1 Å². The van der Waals surface area contributed by atoms with Gasteiger partial charge in [0.1, 0.15) is 0 Å². The standard InChI is InChI=1S/C14H16BrNS2/c1-16-12(9-14-11(15)7-8-18-14)10-5-3-4-6-13(10)17-2/h3-8,12,16H,9H2,1-2H3. The van der Waals surface area contributed by atoms with Gasteiger partial charge in [0.15, 0.2) is 0 Å². The molecule has 0 radical (unpaired) electrons. The third kappa shape index (κ3) is 3.18. The van der Waals surface area contributed by atoms with E-state index in [0.29, 0.717) is 6.04 Å². The lowest BCUT2D eigenvalue weighted by Crippen LogP contribution is -2.19. The van der Waals surface area contributed by atoms with Crippen molar-refractivity contribution in [1.82, 2.24) is 5.32 Å². The Hall–Kier alpha value is -0.290. The zero-order valence-electron chi connectivity index (χ0n) is 10.4. The van der Waals surface area contributed by atoms with Crippen molar-refractivity contribution in [3.63, 3.8) is 0 Å². The smallest absolute Gasteiger partial charge is 0.0377 e. The summed E-state index contributed by atoms with van der Waals surface area (Å²) >= 11 is 7.22. The molecule has 2 rings (SSSR count). The van der Waals surface area contributed by atoms with Crippen molar-refractivity contribution in [2.75, 3.05) is 13.3 Å². The molecular weight excluding hydrogens is 326 g/mol. The van der Waals surface area contributed by atoms with Gasteiger partial charge in [0.05, 0.1) is 0 Å². The first-order valence-electron chi connectivity index (χ1n) is 5.78. The van der Waals surface area contributed by atoms with E-state index in [2.05, 4.69) is 63.2 Å². The summed E-state index contributed by atoms with van der Waals surface area (Å²) in [7, 11) is 2.03. The lowest BCUT2D eigenvalue weighted by molar-refractivity contribution is 0.586. The highest BCUT2D eigenvalue weighted by atomic mass is 79.9. The number of nitrogens with one attached hydrogen (secondary N) is 1. The minimum Gasteiger partial charge on any atom is -0.313 e. The number of likely N-dealkylation sites (N-methyl/N-ethyl adjacent to an activating group) is 1. The van der Waals surface area contributed by atoms with Gasteiger partial charge in [-0.25, -0.2) is 0 Å². The summed E-state index contributed by atoms with van der Waals surface area (Å²) in [4.78, 5) is 2.75. The predicted molar refractivity (Wildman–Crippen MR) is 85.7 cm³/mol. The van der Waals surface area contributed by atoms with E-state index < -0.39 is 0 Å². The number of benzene rings is 1. The highest BCUT2D eigenvalue weighted by Crippen LogP contribution is 2.31. The zero-order valence-corrected chi connectivity index (χ0v) is 13.7. The van der Waals surface area contributed by atoms with Gasteiger partial charge in [-0.1, -0.05) is 18.2 Å². The molecule has 1 nitrogen and oxygen atoms in total. The molecule has 0 aliphatic carbocycles. The van der Waals surface area contributed by atoms with Crippen LogP contribution in [0.3, 0.4) is 0 Å². The van der Waals surface area contributed by atoms with E-state index in [1.54, 1.807) is 0 Å². The molecule has 96 valence electrons. The van der Waals surface area contributed by atoms with Crippen LogP contribution in [0, 0.1) is 0 Å². The quantitative estimate of drug-likeness (QED) is 0.788. The van der Waals surface area contributed by atoms with E-state index in [1.807, 2.05) is 30.1 Å². The van der Waals surface area contributed by atoms with E-state index in [-0.39, 0.29) is 0 Å². The fourth-order valence-corrected chi connectivity index (χ4v) is 4.20. The van der Waals surface area contributed by atoms with Crippen molar-refractivity contribution in [2.24, 2.45) is 0 Å². The van der Waals surface area contributed by atoms with Crippen molar-refractivity contribution in [2.45, 2.75) is 17.4 Å². The van der Waals surface area contributed by atoms with E-state index in [4.69, 9.17) is 0 Å². The number of thioether (sulfide) groups is 1. The third-order valence-electron chi connectivity index (χ3n) is 2.94. The van der Waals surface area contributed by atoms with Crippen molar-refractivity contribution in [3.8, 4) is 0 Å². The summed E-state index contributed by atoms with van der Waals surface area (Å²) in [6.07, 6.45) is 3.15. The van der Waals surface area contributed by atoms with Gasteiger partial charge >= 0.3 is 0 Å². The molecule has 0 bridgehead atoms. The number of thiophene rings is 1. The Bertz CT molecular complexity index is 510. The van der Waals surface area contributed by atoms with Gasteiger partial charge in [-0.05, 0) is 52.3 Å². The summed E-state index contributed by atoms with van der Waals surface area (Å²) in [5.74, 6) is 0. The molecule has 0 spiro atoms. The Morgan fingerprint density at radius 3 is 2.72 bits per heavy atom. The van der Waals surface area contributed by atoms with E-state index >= 15 is 0 Å². The second-order valence-corrected chi connectivity index (χ2v) is 6.68. The summed E-state index contributed by atoms with van der Waals surface area (Å²) in [5, 5.41) is 5.56. The van der Waals surface area contributed by atoms with Gasteiger partial charge in [0.25, 0.3) is 0 Å². The first kappa shape index (κ1) is 14.1. The molecule has 1 aromatic carbocycles. The number of halogens is 1. The average Bonchev–Trinajstić information content (AvgIpc) is 2.81. The van der Waals surface area contributed by atoms with Gasteiger partial charge < -0.3 is 5.32 Å². The first-order chi connectivity index (χ1) is 8.76. The van der Waals surface area contributed by atoms with Gasteiger partial charge in [-0.3, -0.25) is 0 Å². The molecule has 0 saturated carbocycles. The van der Waals surface area contributed by atoms with Crippen molar-refractivity contribution in [1.29, 1.82) is 0 Å². The fourth-order valence-electron chi connectivity index (χ4n) is 1.98. The zero-order chi connectivity index (χ0) is 13.0. The predicted octanol–water partition coefficient (Wildman–Crippen LogP) is 4.74. The first-order valence-corrected chi connectivity index (χ1v) is 8.68. The van der Waals surface area contributed by atoms with E-state index in [0.717, 1.165) is 6.42 Å². The Labute approximate surface area is 125 Å². The van der Waals surface area contributed by atoms with Gasteiger partial charge in [-0.15, -0.1) is 23.1 Å². The average molecular weight is 342 g/mol. The Morgan fingerprint density at radius 2 is 2.11 bits per heavy atom. The molecule has 0 aliphatic heterocycles. The monoisotopic (exact) mass is 341 g/mol. The highest BCUT2D eigenvalue weighted by Gasteiger charge is 2.15. The van der Waals surface area contributed by atoms with E-state index in [9.17, 15) is 0 Å². The van der Waals surface area contributed by atoms with Gasteiger partial charge in [0, 0.05) is 26.7 Å². The SMILES string of the molecule is CNC(Cc1sccc1Br)c1ccccc1SC. The number of hydrogen-bond donors (Lipinski definition) is 1. The summed E-state index contributed by atoms with van der Waals surface area (Å²) in [6.45, 7) is 0. The van der Waals surface area contributed by atoms with Crippen molar-refractivity contribution >= 4 is 39.0 Å².